The first-order chi connectivity index (χ1) is 17.6. The number of nitriles is 1. The van der Waals surface area contributed by atoms with Crippen LogP contribution in [-0.2, 0) is 10.0 Å². The van der Waals surface area contributed by atoms with Crippen molar-refractivity contribution < 1.29 is 9.16 Å². The summed E-state index contributed by atoms with van der Waals surface area (Å²) in [4.78, 5) is 13.7. The molecule has 0 fully saturated rings. The van der Waals surface area contributed by atoms with Crippen LogP contribution in [0.25, 0.3) is 5.70 Å². The van der Waals surface area contributed by atoms with Gasteiger partial charge in [0.1, 0.15) is 11.4 Å². The Kier molecular flexibility index (Phi) is 9.98. The second-order valence-corrected chi connectivity index (χ2v) is 13.4. The molecule has 6 heteroatoms. The van der Waals surface area contributed by atoms with E-state index < -0.39 is 20.2 Å². The highest BCUT2D eigenvalue weighted by Crippen LogP contribution is 2.39. The van der Waals surface area contributed by atoms with E-state index in [-0.39, 0.29) is 5.56 Å². The van der Waals surface area contributed by atoms with E-state index in [0.717, 1.165) is 48.9 Å². The molecule has 0 saturated carbocycles. The lowest BCUT2D eigenvalue weighted by molar-refractivity contribution is 0.0402. The van der Waals surface area contributed by atoms with Gasteiger partial charge in [-0.3, -0.25) is 9.36 Å². The first kappa shape index (κ1) is 28.9. The second-order valence-electron chi connectivity index (χ2n) is 11.1. The third-order valence-electron chi connectivity index (χ3n) is 7.03. The highest BCUT2D eigenvalue weighted by atomic mass is 28.3. The molecule has 0 radical (unpaired) electrons. The van der Waals surface area contributed by atoms with Gasteiger partial charge in [-0.05, 0) is 75.7 Å². The molecule has 1 aliphatic rings. The van der Waals surface area contributed by atoms with Crippen LogP contribution >= 0.6 is 0 Å². The van der Waals surface area contributed by atoms with Crippen LogP contribution in [0, 0.1) is 11.3 Å². The van der Waals surface area contributed by atoms with E-state index in [0.29, 0.717) is 11.3 Å². The first-order valence-electron chi connectivity index (χ1n) is 14.0. The zero-order valence-electron chi connectivity index (χ0n) is 23.6. The standard InChI is InChI=1S/C31H44N2O3Si/c1-7-9-11-12-13-18-31(17-10-8-2,36-37(5)6)25-16-19-33(29(34)21-25)27-22-30(3,4)35-28-15-14-24(23-32)20-26(27)28/h14-16,19-22,37H,7-13,17-18H2,1-6H3. The SMILES string of the molecule is CCCCCCCC(CCCC)(O[SiH](C)C)c1ccn(C2=CC(C)(C)Oc3ccc(C#N)cc32)c(=O)c1. The topological polar surface area (TPSA) is 64.2 Å². The van der Waals surface area contributed by atoms with Gasteiger partial charge in [0.2, 0.25) is 0 Å². The minimum atomic E-state index is -1.37. The van der Waals surface area contributed by atoms with Crippen molar-refractivity contribution in [3.05, 3.63) is 69.6 Å². The van der Waals surface area contributed by atoms with Crippen molar-refractivity contribution in [2.24, 2.45) is 0 Å². The molecular weight excluding hydrogens is 476 g/mol. The van der Waals surface area contributed by atoms with Gasteiger partial charge >= 0.3 is 0 Å². The molecule has 2 heterocycles. The predicted molar refractivity (Wildman–Crippen MR) is 154 cm³/mol. The third kappa shape index (κ3) is 7.24. The molecule has 1 aliphatic heterocycles. The van der Waals surface area contributed by atoms with Gasteiger partial charge in [-0.1, -0.05) is 58.8 Å². The smallest absolute Gasteiger partial charge is 0.255 e. The molecule has 1 unspecified atom stereocenters. The number of aromatic nitrogens is 1. The maximum Gasteiger partial charge on any atom is 0.255 e. The minimum Gasteiger partial charge on any atom is -0.483 e. The van der Waals surface area contributed by atoms with Gasteiger partial charge in [-0.2, -0.15) is 5.26 Å². The molecule has 1 atom stereocenters. The van der Waals surface area contributed by atoms with Crippen molar-refractivity contribution in [2.45, 2.75) is 110 Å². The maximum absolute atomic E-state index is 13.7. The Labute approximate surface area is 224 Å². The fourth-order valence-electron chi connectivity index (χ4n) is 5.30. The summed E-state index contributed by atoms with van der Waals surface area (Å²) in [5.74, 6) is 0.677. The maximum atomic E-state index is 13.7. The van der Waals surface area contributed by atoms with Crippen LogP contribution in [0.3, 0.4) is 0 Å². The Morgan fingerprint density at radius 3 is 2.38 bits per heavy atom. The average molecular weight is 521 g/mol. The van der Waals surface area contributed by atoms with Gasteiger partial charge < -0.3 is 9.16 Å². The number of hydrogen-bond acceptors (Lipinski definition) is 4. The van der Waals surface area contributed by atoms with Crippen molar-refractivity contribution >= 4 is 14.7 Å². The average Bonchev–Trinajstić information content (AvgIpc) is 2.85. The largest absolute Gasteiger partial charge is 0.483 e. The Morgan fingerprint density at radius 2 is 1.73 bits per heavy atom. The lowest BCUT2D eigenvalue weighted by Gasteiger charge is -2.37. The van der Waals surface area contributed by atoms with Gasteiger partial charge in [0.05, 0.1) is 22.9 Å². The van der Waals surface area contributed by atoms with E-state index in [1.807, 2.05) is 32.2 Å². The number of rotatable bonds is 13. The lowest BCUT2D eigenvalue weighted by Crippen LogP contribution is -2.36. The molecular formula is C31H44N2O3Si. The molecule has 1 aromatic heterocycles. The number of ether oxygens (including phenoxy) is 1. The Hall–Kier alpha value is -2.62. The van der Waals surface area contributed by atoms with Crippen molar-refractivity contribution in [1.29, 1.82) is 5.26 Å². The summed E-state index contributed by atoms with van der Waals surface area (Å²) in [6.45, 7) is 12.8. The quantitative estimate of drug-likeness (QED) is 0.202. The van der Waals surface area contributed by atoms with E-state index in [2.05, 4.69) is 39.1 Å². The van der Waals surface area contributed by atoms with E-state index in [1.165, 1.54) is 25.7 Å². The number of fused-ring (bicyclic) bond motifs is 1. The normalized spacial score (nSPS) is 15.9. The summed E-state index contributed by atoms with van der Waals surface area (Å²) >= 11 is 0. The van der Waals surface area contributed by atoms with E-state index >= 15 is 0 Å². The molecule has 0 bridgehead atoms. The van der Waals surface area contributed by atoms with Gasteiger partial charge in [0.15, 0.2) is 9.04 Å². The number of hydrogen-bond donors (Lipinski definition) is 0. The van der Waals surface area contributed by atoms with Crippen molar-refractivity contribution in [2.75, 3.05) is 0 Å². The van der Waals surface area contributed by atoms with E-state index in [4.69, 9.17) is 9.16 Å². The molecule has 0 amide bonds. The summed E-state index contributed by atoms with van der Waals surface area (Å²) in [6.07, 6.45) is 13.9. The fraction of sp³-hybridized carbons (Fsp3) is 0.548. The summed E-state index contributed by atoms with van der Waals surface area (Å²) in [6, 6.07) is 11.4. The summed E-state index contributed by atoms with van der Waals surface area (Å²) in [7, 11) is -1.37. The number of benzene rings is 1. The first-order valence-corrected chi connectivity index (χ1v) is 16.8. The Bertz CT molecular complexity index is 1190. The second kappa shape index (κ2) is 12.8. The van der Waals surface area contributed by atoms with Crippen LogP contribution in [0.4, 0.5) is 0 Å². The minimum absolute atomic E-state index is 0.0874. The van der Waals surface area contributed by atoms with Crippen molar-refractivity contribution in [3.8, 4) is 11.8 Å². The van der Waals surface area contributed by atoms with Crippen molar-refractivity contribution in [1.82, 2.24) is 4.57 Å². The van der Waals surface area contributed by atoms with Crippen LogP contribution in [0.1, 0.15) is 102 Å². The van der Waals surface area contributed by atoms with Gasteiger partial charge in [-0.15, -0.1) is 0 Å². The summed E-state index contributed by atoms with van der Waals surface area (Å²) < 4.78 is 14.6. The monoisotopic (exact) mass is 520 g/mol. The van der Waals surface area contributed by atoms with Crippen LogP contribution in [0.5, 0.6) is 5.75 Å². The molecule has 0 saturated heterocycles. The molecule has 3 rings (SSSR count). The Balaban J connectivity index is 2.05. The molecule has 200 valence electrons. The molecule has 2 aromatic rings. The molecule has 0 aliphatic carbocycles. The van der Waals surface area contributed by atoms with Crippen LogP contribution < -0.4 is 10.3 Å². The zero-order chi connectivity index (χ0) is 27.1. The molecule has 0 N–H and O–H groups in total. The van der Waals surface area contributed by atoms with E-state index in [1.54, 1.807) is 22.8 Å². The Morgan fingerprint density at radius 1 is 1.03 bits per heavy atom. The van der Waals surface area contributed by atoms with Crippen LogP contribution in [0.15, 0.2) is 47.4 Å². The fourth-order valence-corrected chi connectivity index (χ4v) is 6.57. The molecule has 1 aromatic carbocycles. The van der Waals surface area contributed by atoms with Gasteiger partial charge in [0.25, 0.3) is 5.56 Å². The third-order valence-corrected chi connectivity index (χ3v) is 7.95. The number of pyridine rings is 1. The van der Waals surface area contributed by atoms with Gasteiger partial charge in [-0.25, -0.2) is 0 Å². The number of nitrogens with zero attached hydrogens (tertiary/aromatic N) is 2. The predicted octanol–water partition coefficient (Wildman–Crippen LogP) is 7.53. The molecule has 5 nitrogen and oxygen atoms in total. The highest BCUT2D eigenvalue weighted by Gasteiger charge is 2.34. The lowest BCUT2D eigenvalue weighted by atomic mass is 9.84. The van der Waals surface area contributed by atoms with Crippen LogP contribution in [0.2, 0.25) is 13.1 Å². The van der Waals surface area contributed by atoms with Gasteiger partial charge in [0, 0.05) is 17.8 Å². The summed E-state index contributed by atoms with van der Waals surface area (Å²) in [5.41, 5.74) is 1.97. The molecule has 0 spiro atoms. The summed E-state index contributed by atoms with van der Waals surface area (Å²) in [5, 5.41) is 9.45. The number of unbranched alkanes of at least 4 members (excludes halogenated alkanes) is 5. The van der Waals surface area contributed by atoms with E-state index in [9.17, 15) is 10.1 Å². The van der Waals surface area contributed by atoms with Crippen LogP contribution in [-0.4, -0.2) is 19.2 Å². The van der Waals surface area contributed by atoms with Crippen molar-refractivity contribution in [3.63, 3.8) is 0 Å². The zero-order valence-corrected chi connectivity index (χ0v) is 24.8. The highest BCUT2D eigenvalue weighted by molar-refractivity contribution is 6.48. The molecule has 37 heavy (non-hydrogen) atoms.